The summed E-state index contributed by atoms with van der Waals surface area (Å²) in [5.74, 6) is 0.313. The van der Waals surface area contributed by atoms with E-state index in [2.05, 4.69) is 29.1 Å². The molecule has 5 aromatic carbocycles. The summed E-state index contributed by atoms with van der Waals surface area (Å²) in [6.45, 7) is 4.13. The molecule has 0 amide bonds. The second kappa shape index (κ2) is 16.0. The number of para-hydroxylation sites is 1. The van der Waals surface area contributed by atoms with Gasteiger partial charge in [-0.2, -0.15) is 8.78 Å². The van der Waals surface area contributed by atoms with Gasteiger partial charge in [0.15, 0.2) is 0 Å². The molecule has 0 saturated heterocycles. The smallest absolute Gasteiger partial charge is 0.375 e. The van der Waals surface area contributed by atoms with Gasteiger partial charge in [-0.25, -0.2) is 9.67 Å². The van der Waals surface area contributed by atoms with E-state index in [0.29, 0.717) is 52.0 Å². The first kappa shape index (κ1) is 41.2. The first-order valence-electron chi connectivity index (χ1n) is 18.5. The van der Waals surface area contributed by atoms with E-state index in [1.807, 2.05) is 95.7 Å². The van der Waals surface area contributed by atoms with Crippen molar-refractivity contribution < 1.29 is 42.2 Å². The van der Waals surface area contributed by atoms with Gasteiger partial charge in [0.1, 0.15) is 5.52 Å². The lowest BCUT2D eigenvalue weighted by molar-refractivity contribution is 0.0564. The second-order valence-electron chi connectivity index (χ2n) is 14.9. The number of aromatic nitrogens is 4. The molecule has 0 radical (unpaired) electrons. The molecule has 0 spiro atoms. The van der Waals surface area contributed by atoms with Crippen LogP contribution in [0.4, 0.5) is 8.78 Å². The van der Waals surface area contributed by atoms with E-state index in [4.69, 9.17) is 4.74 Å². The van der Waals surface area contributed by atoms with E-state index in [0.717, 1.165) is 28.8 Å². The van der Waals surface area contributed by atoms with Crippen LogP contribution in [0.25, 0.3) is 33.1 Å². The fourth-order valence-electron chi connectivity index (χ4n) is 7.52. The summed E-state index contributed by atoms with van der Waals surface area (Å²) in [6, 6.07) is 36.5. The Morgan fingerprint density at radius 3 is 1.97 bits per heavy atom. The fourth-order valence-corrected chi connectivity index (χ4v) is 8.77. The molecule has 7 rings (SSSR count). The van der Waals surface area contributed by atoms with Crippen molar-refractivity contribution in [1.29, 1.82) is 0 Å². The molecular weight excluding hydrogens is 784 g/mol. The highest BCUT2D eigenvalue weighted by molar-refractivity contribution is 7.60. The lowest BCUT2D eigenvalue weighted by atomic mass is 9.78. The molecule has 2 atom stereocenters. The molecule has 0 aliphatic carbocycles. The predicted molar refractivity (Wildman–Crippen MR) is 219 cm³/mol. The summed E-state index contributed by atoms with van der Waals surface area (Å²) in [6.07, 6.45) is 0.908. The van der Waals surface area contributed by atoms with Gasteiger partial charge in [-0.15, -0.1) is 5.10 Å². The minimum absolute atomic E-state index is 0.184. The summed E-state index contributed by atoms with van der Waals surface area (Å²) in [5, 5.41) is 9.48. The average Bonchev–Trinajstić information content (AvgIpc) is 3.64. The van der Waals surface area contributed by atoms with Crippen LogP contribution in [0.2, 0.25) is 0 Å². The van der Waals surface area contributed by atoms with Crippen LogP contribution in [0.1, 0.15) is 54.3 Å². The fraction of sp³-hybridized carbons (Fsp3) is 0.233. The van der Waals surface area contributed by atoms with Crippen LogP contribution in [-0.2, 0) is 37.9 Å². The first-order valence-corrected chi connectivity index (χ1v) is 21.7. The summed E-state index contributed by atoms with van der Waals surface area (Å²) in [7, 11) is -8.95. The lowest BCUT2D eigenvalue weighted by Gasteiger charge is -2.36. The molecule has 0 aliphatic heterocycles. The van der Waals surface area contributed by atoms with Gasteiger partial charge < -0.3 is 24.3 Å². The standard InChI is InChI=1S/C43H42F2N4O7P2/c1-28(2)23-39(56-3)37-22-19-32-24-33(25-40(41(32)46-37)57(50,51)52)31-17-13-29(14-18-31)26-42(34-9-5-4-6-10-34,49-38-12-8-7-11-36(38)47-48-49)27-30-15-20-35(21-16-30)43(44,45)58(53,54)55/h4-22,24-25,28,39H,23,26-27H2,1-3H3,(H2,50,51,52)(H2,53,54,55)/t39-,42-/m0/s1. The zero-order valence-corrected chi connectivity index (χ0v) is 33.6. The maximum Gasteiger partial charge on any atom is 0.399 e. The Morgan fingerprint density at radius 1 is 0.741 bits per heavy atom. The van der Waals surface area contributed by atoms with Crippen molar-refractivity contribution in [2.45, 2.75) is 50.4 Å². The van der Waals surface area contributed by atoms with Crippen molar-refractivity contribution >= 4 is 42.4 Å². The number of hydrogen-bond acceptors (Lipinski definition) is 6. The topological polar surface area (TPSA) is 168 Å². The molecule has 58 heavy (non-hydrogen) atoms. The number of methoxy groups -OCH3 is 1. The van der Waals surface area contributed by atoms with Crippen LogP contribution in [0.5, 0.6) is 0 Å². The first-order chi connectivity index (χ1) is 27.5. The maximum atomic E-state index is 14.7. The van der Waals surface area contributed by atoms with Gasteiger partial charge in [-0.3, -0.25) is 9.13 Å². The highest BCUT2D eigenvalue weighted by Crippen LogP contribution is 2.59. The normalized spacial score (nSPS) is 14.2. The van der Waals surface area contributed by atoms with Crippen molar-refractivity contribution in [2.75, 3.05) is 7.11 Å². The van der Waals surface area contributed by atoms with E-state index < -0.39 is 32.0 Å². The van der Waals surface area contributed by atoms with Gasteiger partial charge in [0, 0.05) is 30.9 Å². The van der Waals surface area contributed by atoms with Crippen LogP contribution in [0.15, 0.2) is 127 Å². The van der Waals surface area contributed by atoms with E-state index in [9.17, 15) is 37.5 Å². The molecule has 0 bridgehead atoms. The average molecular weight is 827 g/mol. The van der Waals surface area contributed by atoms with E-state index in [1.165, 1.54) is 18.2 Å². The van der Waals surface area contributed by atoms with Crippen LogP contribution in [0.3, 0.4) is 0 Å². The third kappa shape index (κ3) is 8.17. The number of alkyl halides is 2. The number of nitrogens with zero attached hydrogens (tertiary/aromatic N) is 4. The van der Waals surface area contributed by atoms with Gasteiger partial charge in [-0.1, -0.05) is 116 Å². The minimum atomic E-state index is -5.77. The quantitative estimate of drug-likeness (QED) is 0.0780. The molecule has 0 saturated carbocycles. The monoisotopic (exact) mass is 826 g/mol. The maximum absolute atomic E-state index is 14.7. The molecule has 300 valence electrons. The Kier molecular flexibility index (Phi) is 11.4. The van der Waals surface area contributed by atoms with Gasteiger partial charge >= 0.3 is 20.9 Å². The molecule has 7 aromatic rings. The van der Waals surface area contributed by atoms with Crippen molar-refractivity contribution in [3.63, 3.8) is 0 Å². The van der Waals surface area contributed by atoms with E-state index >= 15 is 0 Å². The van der Waals surface area contributed by atoms with Gasteiger partial charge in [0.2, 0.25) is 0 Å². The van der Waals surface area contributed by atoms with Crippen LogP contribution >= 0.6 is 15.2 Å². The Balaban J connectivity index is 1.31. The highest BCUT2D eigenvalue weighted by atomic mass is 31.2. The molecule has 0 fully saturated rings. The molecule has 15 heteroatoms. The van der Waals surface area contributed by atoms with E-state index in [1.54, 1.807) is 13.2 Å². The molecule has 2 aromatic heterocycles. The Morgan fingerprint density at radius 2 is 1.36 bits per heavy atom. The highest BCUT2D eigenvalue weighted by Gasteiger charge is 2.50. The molecule has 0 aliphatic rings. The number of benzene rings is 5. The summed E-state index contributed by atoms with van der Waals surface area (Å²) >= 11 is 0. The molecule has 4 N–H and O–H groups in total. The second-order valence-corrected chi connectivity index (χ2v) is 18.1. The number of rotatable bonds is 14. The van der Waals surface area contributed by atoms with Crippen molar-refractivity contribution in [3.05, 3.63) is 155 Å². The SMILES string of the molecule is CO[C@@H](CC(C)C)c1ccc2cc(-c3ccc(C[C@](Cc4ccc(C(F)(F)P(=O)(O)O)cc4)(c4ccccc4)n4nnc5ccccc54)cc3)cc(P(=O)(O)O)c2n1. The Hall–Kier alpha value is -4.97. The van der Waals surface area contributed by atoms with E-state index in [-0.39, 0.29) is 23.3 Å². The molecule has 2 heterocycles. The third-order valence-electron chi connectivity index (χ3n) is 10.4. The van der Waals surface area contributed by atoms with Gasteiger partial charge in [-0.05, 0) is 70.5 Å². The zero-order valence-electron chi connectivity index (χ0n) is 31.9. The minimum Gasteiger partial charge on any atom is -0.375 e. The van der Waals surface area contributed by atoms with Crippen molar-refractivity contribution in [3.8, 4) is 11.1 Å². The lowest BCUT2D eigenvalue weighted by Crippen LogP contribution is -2.40. The number of hydrogen-bond donors (Lipinski definition) is 4. The number of fused-ring (bicyclic) bond motifs is 2. The predicted octanol–water partition coefficient (Wildman–Crippen LogP) is 8.64. The summed E-state index contributed by atoms with van der Waals surface area (Å²) < 4.78 is 61.4. The number of pyridine rings is 1. The van der Waals surface area contributed by atoms with Gasteiger partial charge in [0.25, 0.3) is 0 Å². The third-order valence-corrected chi connectivity index (χ3v) is 12.4. The summed E-state index contributed by atoms with van der Waals surface area (Å²) in [5.41, 5.74) is -0.388. The number of ether oxygens (including phenoxy) is 1. The molecular formula is C43H42F2N4O7P2. The van der Waals surface area contributed by atoms with Crippen LogP contribution in [0, 0.1) is 5.92 Å². The van der Waals surface area contributed by atoms with Crippen LogP contribution in [-0.4, -0.2) is 46.7 Å². The Bertz CT molecular complexity index is 2670. The van der Waals surface area contributed by atoms with Gasteiger partial charge in [0.05, 0.1) is 33.7 Å². The van der Waals surface area contributed by atoms with Crippen LogP contribution < -0.4 is 5.30 Å². The molecule has 11 nitrogen and oxygen atoms in total. The largest absolute Gasteiger partial charge is 0.399 e. The summed E-state index contributed by atoms with van der Waals surface area (Å²) in [4.78, 5) is 44.4. The molecule has 0 unspecified atom stereocenters. The van der Waals surface area contributed by atoms with Crippen molar-refractivity contribution in [1.82, 2.24) is 20.0 Å². The zero-order chi connectivity index (χ0) is 41.5. The Labute approximate surface area is 333 Å². The van der Waals surface area contributed by atoms with Crippen molar-refractivity contribution in [2.24, 2.45) is 5.92 Å². The number of halogens is 2.